The molecule has 5 heteroatoms. The van der Waals surface area contributed by atoms with Gasteiger partial charge < -0.3 is 11.1 Å². The summed E-state index contributed by atoms with van der Waals surface area (Å²) >= 11 is 0. The maximum Gasteiger partial charge on any atom is 0.240 e. The van der Waals surface area contributed by atoms with Crippen LogP contribution >= 0.6 is 0 Å². The number of nitrogens with zero attached hydrogens (tertiary/aromatic N) is 2. The van der Waals surface area contributed by atoms with Crippen molar-refractivity contribution in [3.63, 3.8) is 0 Å². The molecule has 0 atom stereocenters. The number of carbonyl (C=O) groups excluding carboxylic acids is 1. The second kappa shape index (κ2) is 6.32. The van der Waals surface area contributed by atoms with Gasteiger partial charge in [-0.3, -0.25) is 4.79 Å². The zero-order valence-corrected chi connectivity index (χ0v) is 12.7. The molecule has 2 aromatic rings. The minimum absolute atomic E-state index is 0.0420. The van der Waals surface area contributed by atoms with Crippen molar-refractivity contribution in [3.05, 3.63) is 48.3 Å². The third-order valence-corrected chi connectivity index (χ3v) is 4.31. The van der Waals surface area contributed by atoms with Gasteiger partial charge in [0.15, 0.2) is 0 Å². The van der Waals surface area contributed by atoms with Gasteiger partial charge in [-0.05, 0) is 25.0 Å². The maximum atomic E-state index is 12.3. The molecule has 1 aromatic carbocycles. The first kappa shape index (κ1) is 14.8. The molecule has 0 aliphatic heterocycles. The Morgan fingerprint density at radius 2 is 1.95 bits per heavy atom. The molecule has 1 aliphatic carbocycles. The minimum Gasteiger partial charge on any atom is -0.350 e. The molecule has 116 valence electrons. The highest BCUT2D eigenvalue weighted by molar-refractivity contribution is 5.86. The van der Waals surface area contributed by atoms with Crippen LogP contribution in [0.5, 0.6) is 0 Å². The molecule has 0 saturated heterocycles. The molecule has 0 spiro atoms. The Hall–Kier alpha value is -2.14. The fourth-order valence-corrected chi connectivity index (χ4v) is 2.94. The number of nitrogens with one attached hydrogen (secondary N) is 1. The molecule has 3 rings (SSSR count). The van der Waals surface area contributed by atoms with Gasteiger partial charge in [0.1, 0.15) is 0 Å². The van der Waals surface area contributed by atoms with Crippen LogP contribution in [0.25, 0.3) is 5.69 Å². The van der Waals surface area contributed by atoms with Crippen LogP contribution in [0.3, 0.4) is 0 Å². The van der Waals surface area contributed by atoms with Gasteiger partial charge >= 0.3 is 0 Å². The molecule has 0 unspecified atom stereocenters. The number of nitrogens with two attached hydrogens (primary N) is 1. The van der Waals surface area contributed by atoms with Crippen molar-refractivity contribution in [3.8, 4) is 5.69 Å². The molecule has 1 saturated carbocycles. The summed E-state index contributed by atoms with van der Waals surface area (Å²) in [5.41, 5.74) is 7.51. The first-order valence-corrected chi connectivity index (χ1v) is 7.84. The van der Waals surface area contributed by atoms with Crippen molar-refractivity contribution in [2.45, 2.75) is 44.2 Å². The Labute approximate surface area is 130 Å². The summed E-state index contributed by atoms with van der Waals surface area (Å²) in [6.45, 7) is 0.463. The van der Waals surface area contributed by atoms with E-state index in [1.54, 1.807) is 10.9 Å². The van der Waals surface area contributed by atoms with Gasteiger partial charge in [0, 0.05) is 18.3 Å². The summed E-state index contributed by atoms with van der Waals surface area (Å²) in [4.78, 5) is 12.3. The predicted molar refractivity (Wildman–Crippen MR) is 85.4 cm³/mol. The zero-order chi connectivity index (χ0) is 15.4. The molecule has 1 heterocycles. The number of rotatable bonds is 4. The van der Waals surface area contributed by atoms with E-state index in [0.29, 0.717) is 6.54 Å². The highest BCUT2D eigenvalue weighted by atomic mass is 16.2. The number of amides is 1. The van der Waals surface area contributed by atoms with E-state index in [2.05, 4.69) is 10.4 Å². The van der Waals surface area contributed by atoms with E-state index in [9.17, 15) is 4.79 Å². The van der Waals surface area contributed by atoms with Crippen molar-refractivity contribution in [2.75, 3.05) is 0 Å². The Balaban J connectivity index is 1.60. The summed E-state index contributed by atoms with van der Waals surface area (Å²) in [5.74, 6) is -0.0420. The Morgan fingerprint density at radius 3 is 2.68 bits per heavy atom. The number of hydrogen-bond donors (Lipinski definition) is 2. The van der Waals surface area contributed by atoms with Gasteiger partial charge in [0.25, 0.3) is 0 Å². The first-order chi connectivity index (χ1) is 10.7. The summed E-state index contributed by atoms with van der Waals surface area (Å²) in [5, 5.41) is 7.29. The van der Waals surface area contributed by atoms with Crippen LogP contribution < -0.4 is 11.1 Å². The van der Waals surface area contributed by atoms with E-state index in [1.807, 2.05) is 36.5 Å². The van der Waals surface area contributed by atoms with Gasteiger partial charge in [-0.25, -0.2) is 4.68 Å². The van der Waals surface area contributed by atoms with Crippen molar-refractivity contribution in [2.24, 2.45) is 5.73 Å². The Morgan fingerprint density at radius 1 is 1.23 bits per heavy atom. The molecule has 0 bridgehead atoms. The summed E-state index contributed by atoms with van der Waals surface area (Å²) in [7, 11) is 0. The summed E-state index contributed by atoms with van der Waals surface area (Å²) in [6.07, 6.45) is 8.52. The molecule has 3 N–H and O–H groups in total. The molecule has 5 nitrogen and oxygen atoms in total. The summed E-state index contributed by atoms with van der Waals surface area (Å²) in [6, 6.07) is 9.90. The Bertz CT molecular complexity index is 629. The zero-order valence-electron chi connectivity index (χ0n) is 12.7. The van der Waals surface area contributed by atoms with Gasteiger partial charge in [0.05, 0.1) is 17.4 Å². The predicted octanol–water partition coefficient (Wildman–Crippen LogP) is 2.15. The van der Waals surface area contributed by atoms with E-state index < -0.39 is 5.54 Å². The number of aromatic nitrogens is 2. The standard InChI is InChI=1S/C17H22N4O/c18-17(9-5-2-6-10-17)16(22)19-11-14-12-20-21(13-14)15-7-3-1-4-8-15/h1,3-4,7-8,12-13H,2,5-6,9-11,18H2,(H,19,22). The average molecular weight is 298 g/mol. The topological polar surface area (TPSA) is 72.9 Å². The Kier molecular flexibility index (Phi) is 4.24. The average Bonchev–Trinajstić information content (AvgIpc) is 3.03. The van der Waals surface area contributed by atoms with E-state index in [1.165, 1.54) is 6.42 Å². The van der Waals surface area contributed by atoms with Crippen LogP contribution in [0, 0.1) is 0 Å². The molecule has 0 radical (unpaired) electrons. The molecular weight excluding hydrogens is 276 g/mol. The molecular formula is C17H22N4O. The molecule has 1 amide bonds. The third kappa shape index (κ3) is 3.20. The van der Waals surface area contributed by atoms with Crippen LogP contribution in [0.4, 0.5) is 0 Å². The van der Waals surface area contributed by atoms with Crippen molar-refractivity contribution in [1.82, 2.24) is 15.1 Å². The minimum atomic E-state index is -0.687. The molecule has 1 fully saturated rings. The monoisotopic (exact) mass is 298 g/mol. The highest BCUT2D eigenvalue weighted by Crippen LogP contribution is 2.26. The number of carbonyl (C=O) groups is 1. The maximum absolute atomic E-state index is 12.3. The van der Waals surface area contributed by atoms with Gasteiger partial charge in [0.2, 0.25) is 5.91 Å². The fraction of sp³-hybridized carbons (Fsp3) is 0.412. The quantitative estimate of drug-likeness (QED) is 0.908. The lowest BCUT2D eigenvalue weighted by Crippen LogP contribution is -2.54. The lowest BCUT2D eigenvalue weighted by molar-refractivity contribution is -0.127. The van der Waals surface area contributed by atoms with Crippen molar-refractivity contribution in [1.29, 1.82) is 0 Å². The SMILES string of the molecule is NC1(C(=O)NCc2cnn(-c3ccccc3)c2)CCCCC1. The van der Waals surface area contributed by atoms with Gasteiger partial charge in [-0.2, -0.15) is 5.10 Å². The van der Waals surface area contributed by atoms with Crippen LogP contribution in [-0.4, -0.2) is 21.2 Å². The lowest BCUT2D eigenvalue weighted by atomic mass is 9.82. The highest BCUT2D eigenvalue weighted by Gasteiger charge is 2.34. The third-order valence-electron chi connectivity index (χ3n) is 4.31. The summed E-state index contributed by atoms with van der Waals surface area (Å²) < 4.78 is 1.81. The van der Waals surface area contributed by atoms with Gasteiger partial charge in [-0.1, -0.05) is 37.5 Å². The van der Waals surface area contributed by atoms with Crippen LogP contribution in [0.2, 0.25) is 0 Å². The number of para-hydroxylation sites is 1. The van der Waals surface area contributed by atoms with Crippen LogP contribution in [-0.2, 0) is 11.3 Å². The van der Waals surface area contributed by atoms with E-state index in [-0.39, 0.29) is 5.91 Å². The normalized spacial score (nSPS) is 17.1. The second-order valence-corrected chi connectivity index (χ2v) is 6.03. The van der Waals surface area contributed by atoms with E-state index in [0.717, 1.165) is 36.9 Å². The first-order valence-electron chi connectivity index (χ1n) is 7.84. The smallest absolute Gasteiger partial charge is 0.240 e. The van der Waals surface area contributed by atoms with Crippen LogP contribution in [0.1, 0.15) is 37.7 Å². The molecule has 22 heavy (non-hydrogen) atoms. The molecule has 1 aromatic heterocycles. The number of hydrogen-bond acceptors (Lipinski definition) is 3. The van der Waals surface area contributed by atoms with Gasteiger partial charge in [-0.15, -0.1) is 0 Å². The fourth-order valence-electron chi connectivity index (χ4n) is 2.94. The van der Waals surface area contributed by atoms with Crippen molar-refractivity contribution >= 4 is 5.91 Å². The number of benzene rings is 1. The largest absolute Gasteiger partial charge is 0.350 e. The van der Waals surface area contributed by atoms with E-state index in [4.69, 9.17) is 5.73 Å². The second-order valence-electron chi connectivity index (χ2n) is 6.03. The van der Waals surface area contributed by atoms with E-state index >= 15 is 0 Å². The molecule has 1 aliphatic rings. The van der Waals surface area contributed by atoms with Crippen LogP contribution in [0.15, 0.2) is 42.7 Å². The lowest BCUT2D eigenvalue weighted by Gasteiger charge is -2.31. The van der Waals surface area contributed by atoms with Crippen molar-refractivity contribution < 1.29 is 4.79 Å².